The fourth-order valence-corrected chi connectivity index (χ4v) is 4.81. The van der Waals surface area contributed by atoms with Crippen molar-refractivity contribution in [3.8, 4) is 0 Å². The van der Waals surface area contributed by atoms with E-state index in [1.54, 1.807) is 5.56 Å². The number of hydrogen-bond donors (Lipinski definition) is 1. The summed E-state index contributed by atoms with van der Waals surface area (Å²) in [5.41, 5.74) is 8.98. The molecule has 1 unspecified atom stereocenters. The zero-order valence-corrected chi connectivity index (χ0v) is 15.7. The lowest BCUT2D eigenvalue weighted by Crippen LogP contribution is -2.30. The van der Waals surface area contributed by atoms with Crippen molar-refractivity contribution in [2.45, 2.75) is 52.0 Å². The van der Waals surface area contributed by atoms with Gasteiger partial charge in [0, 0.05) is 47.7 Å². The van der Waals surface area contributed by atoms with E-state index in [0.29, 0.717) is 6.04 Å². The van der Waals surface area contributed by atoms with Crippen molar-refractivity contribution in [2.24, 2.45) is 0 Å². The molecule has 4 nitrogen and oxygen atoms in total. The molecule has 1 saturated heterocycles. The van der Waals surface area contributed by atoms with Gasteiger partial charge in [-0.3, -0.25) is 14.9 Å². The summed E-state index contributed by atoms with van der Waals surface area (Å²) in [6.07, 6.45) is 7.70. The number of aryl methyl sites for hydroxylation is 4. The van der Waals surface area contributed by atoms with Gasteiger partial charge in [0.25, 0.3) is 0 Å². The van der Waals surface area contributed by atoms with Gasteiger partial charge >= 0.3 is 0 Å². The highest BCUT2D eigenvalue weighted by Crippen LogP contribution is 2.42. The van der Waals surface area contributed by atoms with Gasteiger partial charge in [0.15, 0.2) is 0 Å². The largest absolute Gasteiger partial charge is 0.357 e. The number of pyridine rings is 2. The molecule has 0 aliphatic carbocycles. The first-order chi connectivity index (χ1) is 12.7. The molecule has 134 valence electrons. The monoisotopic (exact) mass is 346 g/mol. The summed E-state index contributed by atoms with van der Waals surface area (Å²) in [6, 6.07) is 7.19. The zero-order chi connectivity index (χ0) is 17.7. The second kappa shape index (κ2) is 6.20. The van der Waals surface area contributed by atoms with Gasteiger partial charge in [-0.1, -0.05) is 6.07 Å². The lowest BCUT2D eigenvalue weighted by Gasteiger charge is -2.29. The van der Waals surface area contributed by atoms with Crippen LogP contribution in [0.5, 0.6) is 0 Å². The van der Waals surface area contributed by atoms with Crippen LogP contribution in [0.4, 0.5) is 0 Å². The summed E-state index contributed by atoms with van der Waals surface area (Å²) in [6.45, 7) is 6.62. The molecule has 1 fully saturated rings. The van der Waals surface area contributed by atoms with Crippen LogP contribution in [0.15, 0.2) is 24.4 Å². The standard InChI is InChI=1S/C22H26N4/c1-14-5-6-16(13-23-14)7-8-19-22-17(12-15(2)24-19)21-18(25-22)9-11-26-10-3-4-20(21)26/h5-6,12-13,20,25H,3-4,7-11H2,1-2H3. The van der Waals surface area contributed by atoms with Crippen molar-refractivity contribution >= 4 is 10.9 Å². The molecule has 26 heavy (non-hydrogen) atoms. The molecule has 2 aliphatic heterocycles. The Bertz CT molecular complexity index is 954. The summed E-state index contributed by atoms with van der Waals surface area (Å²) >= 11 is 0. The highest BCUT2D eigenvalue weighted by Gasteiger charge is 2.34. The average molecular weight is 346 g/mol. The minimum Gasteiger partial charge on any atom is -0.357 e. The quantitative estimate of drug-likeness (QED) is 0.778. The van der Waals surface area contributed by atoms with E-state index < -0.39 is 0 Å². The fraction of sp³-hybridized carbons (Fsp3) is 0.455. The molecule has 2 aliphatic rings. The van der Waals surface area contributed by atoms with Crippen LogP contribution in [0, 0.1) is 13.8 Å². The van der Waals surface area contributed by atoms with Crippen molar-refractivity contribution in [1.29, 1.82) is 0 Å². The molecule has 4 heteroatoms. The second-order valence-corrected chi connectivity index (χ2v) is 7.90. The number of hydrogen-bond acceptors (Lipinski definition) is 3. The van der Waals surface area contributed by atoms with Gasteiger partial charge < -0.3 is 4.98 Å². The van der Waals surface area contributed by atoms with Crippen molar-refractivity contribution in [3.63, 3.8) is 0 Å². The Kier molecular flexibility index (Phi) is 3.82. The molecule has 0 saturated carbocycles. The number of aromatic amines is 1. The Morgan fingerprint density at radius 2 is 2.08 bits per heavy atom. The first kappa shape index (κ1) is 16.0. The molecule has 0 spiro atoms. The minimum absolute atomic E-state index is 0.614. The smallest absolute Gasteiger partial charge is 0.0679 e. The summed E-state index contributed by atoms with van der Waals surface area (Å²) in [5.74, 6) is 0. The van der Waals surface area contributed by atoms with Crippen molar-refractivity contribution in [1.82, 2.24) is 19.9 Å². The highest BCUT2D eigenvalue weighted by atomic mass is 15.2. The van der Waals surface area contributed by atoms with Gasteiger partial charge in [0.2, 0.25) is 0 Å². The highest BCUT2D eigenvalue weighted by molar-refractivity contribution is 5.87. The number of aromatic nitrogens is 3. The molecular weight excluding hydrogens is 320 g/mol. The minimum atomic E-state index is 0.614. The van der Waals surface area contributed by atoms with Crippen LogP contribution in [0.3, 0.4) is 0 Å². The van der Waals surface area contributed by atoms with Gasteiger partial charge in [-0.15, -0.1) is 0 Å². The van der Waals surface area contributed by atoms with Crippen LogP contribution >= 0.6 is 0 Å². The molecule has 3 aromatic rings. The molecule has 3 aromatic heterocycles. The van der Waals surface area contributed by atoms with E-state index in [2.05, 4.69) is 40.0 Å². The summed E-state index contributed by atoms with van der Waals surface area (Å²) in [5, 5.41) is 1.42. The molecule has 1 N–H and O–H groups in total. The van der Waals surface area contributed by atoms with Gasteiger partial charge in [-0.05, 0) is 69.3 Å². The van der Waals surface area contributed by atoms with Gasteiger partial charge in [0.1, 0.15) is 0 Å². The van der Waals surface area contributed by atoms with Crippen LogP contribution in [0.1, 0.15) is 52.8 Å². The Balaban J connectivity index is 1.53. The Labute approximate surface area is 154 Å². The third-order valence-electron chi connectivity index (χ3n) is 6.08. The predicted molar refractivity (Wildman–Crippen MR) is 104 cm³/mol. The van der Waals surface area contributed by atoms with Crippen molar-refractivity contribution in [3.05, 3.63) is 58.3 Å². The number of rotatable bonds is 3. The normalized spacial score (nSPS) is 19.7. The lowest BCUT2D eigenvalue weighted by molar-refractivity contribution is 0.244. The maximum atomic E-state index is 4.90. The van der Waals surface area contributed by atoms with Crippen molar-refractivity contribution in [2.75, 3.05) is 13.1 Å². The third-order valence-corrected chi connectivity index (χ3v) is 6.08. The number of nitrogens with zero attached hydrogens (tertiary/aromatic N) is 3. The Morgan fingerprint density at radius 3 is 2.92 bits per heavy atom. The molecule has 5 heterocycles. The van der Waals surface area contributed by atoms with E-state index >= 15 is 0 Å². The lowest BCUT2D eigenvalue weighted by atomic mass is 9.95. The fourth-order valence-electron chi connectivity index (χ4n) is 4.81. The van der Waals surface area contributed by atoms with Crippen LogP contribution in [0.25, 0.3) is 10.9 Å². The average Bonchev–Trinajstić information content (AvgIpc) is 3.24. The van der Waals surface area contributed by atoms with Gasteiger partial charge in [0.05, 0.1) is 11.2 Å². The SMILES string of the molecule is Cc1ccc(CCc2nc(C)cc3c4c([nH]c23)CCN2CCCC42)cn1. The summed E-state index contributed by atoms with van der Waals surface area (Å²) in [7, 11) is 0. The van der Waals surface area contributed by atoms with E-state index in [1.165, 1.54) is 53.8 Å². The Hall–Kier alpha value is -2.20. The van der Waals surface area contributed by atoms with E-state index in [4.69, 9.17) is 4.98 Å². The maximum Gasteiger partial charge on any atom is 0.0679 e. The van der Waals surface area contributed by atoms with Crippen LogP contribution in [-0.2, 0) is 19.3 Å². The van der Waals surface area contributed by atoms with Gasteiger partial charge in [-0.2, -0.15) is 0 Å². The first-order valence-corrected chi connectivity index (χ1v) is 9.85. The number of nitrogens with one attached hydrogen (secondary N) is 1. The molecule has 0 radical (unpaired) electrons. The Morgan fingerprint density at radius 1 is 1.15 bits per heavy atom. The topological polar surface area (TPSA) is 44.8 Å². The third kappa shape index (κ3) is 2.64. The van der Waals surface area contributed by atoms with E-state index in [-0.39, 0.29) is 0 Å². The molecule has 0 bridgehead atoms. The zero-order valence-electron chi connectivity index (χ0n) is 15.7. The van der Waals surface area contributed by atoms with Crippen molar-refractivity contribution < 1.29 is 0 Å². The molecular formula is C22H26N4. The van der Waals surface area contributed by atoms with E-state index in [9.17, 15) is 0 Å². The predicted octanol–water partition coefficient (Wildman–Crippen LogP) is 4.05. The summed E-state index contributed by atoms with van der Waals surface area (Å²) in [4.78, 5) is 15.8. The van der Waals surface area contributed by atoms with Crippen LogP contribution < -0.4 is 0 Å². The van der Waals surface area contributed by atoms with Crippen LogP contribution in [-0.4, -0.2) is 32.9 Å². The molecule has 0 amide bonds. The van der Waals surface area contributed by atoms with E-state index in [1.807, 2.05) is 13.1 Å². The molecule has 0 aromatic carbocycles. The molecule has 5 rings (SSSR count). The maximum absolute atomic E-state index is 4.90. The van der Waals surface area contributed by atoms with E-state index in [0.717, 1.165) is 30.7 Å². The number of H-pyrrole nitrogens is 1. The second-order valence-electron chi connectivity index (χ2n) is 7.90. The first-order valence-electron chi connectivity index (χ1n) is 9.85. The summed E-state index contributed by atoms with van der Waals surface area (Å²) < 4.78 is 0. The van der Waals surface area contributed by atoms with Crippen LogP contribution in [0.2, 0.25) is 0 Å². The number of fused-ring (bicyclic) bond motifs is 5. The molecule has 1 atom stereocenters. The van der Waals surface area contributed by atoms with Gasteiger partial charge in [-0.25, -0.2) is 0 Å².